The average molecular weight is 220 g/mol. The minimum Gasteiger partial charge on any atom is -0.371 e. The number of hydrogen-bond donors (Lipinski definition) is 0. The summed E-state index contributed by atoms with van der Waals surface area (Å²) in [7, 11) is 0. The van der Waals surface area contributed by atoms with Gasteiger partial charge in [-0.3, -0.25) is 0 Å². The highest BCUT2D eigenvalue weighted by Crippen LogP contribution is 2.53. The second-order valence-electron chi connectivity index (χ2n) is 6.06. The molecule has 0 saturated carbocycles. The van der Waals surface area contributed by atoms with Crippen LogP contribution in [0.5, 0.6) is 0 Å². The molecule has 1 heterocycles. The van der Waals surface area contributed by atoms with Gasteiger partial charge in [0.1, 0.15) is 0 Å². The van der Waals surface area contributed by atoms with Crippen LogP contribution in [-0.4, -0.2) is 12.2 Å². The molecule has 2 rings (SSSR count). The first-order valence-electron chi connectivity index (χ1n) is 6.35. The Morgan fingerprint density at radius 1 is 1.00 bits per heavy atom. The lowest BCUT2D eigenvalue weighted by atomic mass is 9.72. The maximum atomic E-state index is 6.04. The van der Waals surface area contributed by atoms with Crippen molar-refractivity contribution in [1.82, 2.24) is 0 Å². The molecule has 1 fully saturated rings. The van der Waals surface area contributed by atoms with E-state index in [1.165, 1.54) is 35.1 Å². The Kier molecular flexibility index (Phi) is 2.58. The van der Waals surface area contributed by atoms with Crippen LogP contribution in [0.3, 0.4) is 0 Å². The summed E-state index contributed by atoms with van der Waals surface area (Å²) in [6.07, 6.45) is 2.37. The lowest BCUT2D eigenvalue weighted by molar-refractivity contribution is 0.0387. The topological polar surface area (TPSA) is 9.23 Å². The van der Waals surface area contributed by atoms with E-state index < -0.39 is 0 Å². The number of ether oxygens (including phenoxy) is 1. The summed E-state index contributed by atoms with van der Waals surface area (Å²) in [5, 5.41) is 0. The van der Waals surface area contributed by atoms with E-state index in [2.05, 4.69) is 41.5 Å². The summed E-state index contributed by atoms with van der Waals surface area (Å²) in [5.41, 5.74) is 6.12. The number of allylic oxidation sites excluding steroid dienone is 3. The van der Waals surface area contributed by atoms with Gasteiger partial charge < -0.3 is 4.74 Å². The van der Waals surface area contributed by atoms with Crippen molar-refractivity contribution in [3.63, 3.8) is 0 Å². The molecule has 1 saturated heterocycles. The molecule has 0 amide bonds. The Balaban J connectivity index is 2.51. The van der Waals surface area contributed by atoms with Crippen molar-refractivity contribution in [3.05, 3.63) is 22.3 Å². The normalized spacial score (nSPS) is 34.1. The fourth-order valence-corrected chi connectivity index (χ4v) is 3.63. The van der Waals surface area contributed by atoms with Crippen LogP contribution in [0, 0.1) is 5.41 Å². The fraction of sp³-hybridized carbons (Fsp3) is 0.733. The molecule has 0 radical (unpaired) electrons. The van der Waals surface area contributed by atoms with Crippen LogP contribution in [0.2, 0.25) is 0 Å². The van der Waals surface area contributed by atoms with Gasteiger partial charge in [0.15, 0.2) is 0 Å². The Hall–Kier alpha value is -0.560. The van der Waals surface area contributed by atoms with Crippen LogP contribution < -0.4 is 0 Å². The van der Waals surface area contributed by atoms with Crippen molar-refractivity contribution in [3.8, 4) is 0 Å². The average Bonchev–Trinajstić information content (AvgIpc) is 2.67. The second kappa shape index (κ2) is 3.46. The van der Waals surface area contributed by atoms with Gasteiger partial charge >= 0.3 is 0 Å². The molecule has 90 valence electrons. The van der Waals surface area contributed by atoms with Crippen LogP contribution in [0.4, 0.5) is 0 Å². The van der Waals surface area contributed by atoms with Crippen LogP contribution in [0.1, 0.15) is 54.4 Å². The zero-order chi connectivity index (χ0) is 12.1. The van der Waals surface area contributed by atoms with Gasteiger partial charge in [0.25, 0.3) is 0 Å². The first-order valence-corrected chi connectivity index (χ1v) is 6.35. The molecule has 1 aliphatic heterocycles. The van der Waals surface area contributed by atoms with Gasteiger partial charge in [0, 0.05) is 12.0 Å². The molecule has 1 atom stereocenters. The summed E-state index contributed by atoms with van der Waals surface area (Å²) in [4.78, 5) is 0. The smallest absolute Gasteiger partial charge is 0.0878 e. The summed E-state index contributed by atoms with van der Waals surface area (Å²) in [6, 6.07) is 0. The van der Waals surface area contributed by atoms with E-state index in [9.17, 15) is 0 Å². The lowest BCUT2D eigenvalue weighted by Gasteiger charge is -2.36. The third kappa shape index (κ3) is 1.41. The Morgan fingerprint density at radius 2 is 1.62 bits per heavy atom. The molecular formula is C15H24O. The van der Waals surface area contributed by atoms with Gasteiger partial charge in [-0.25, -0.2) is 0 Å². The molecule has 1 aliphatic carbocycles. The van der Waals surface area contributed by atoms with Gasteiger partial charge in [0.2, 0.25) is 0 Å². The van der Waals surface area contributed by atoms with E-state index >= 15 is 0 Å². The molecule has 0 aromatic rings. The zero-order valence-electron chi connectivity index (χ0n) is 11.5. The SMILES string of the molecule is CC1=C(C)C(C)(C)C(C2(C)CCCO2)=C1C. The highest BCUT2D eigenvalue weighted by Gasteiger charge is 2.46. The molecule has 16 heavy (non-hydrogen) atoms. The largest absolute Gasteiger partial charge is 0.371 e. The van der Waals surface area contributed by atoms with Crippen LogP contribution in [0.25, 0.3) is 0 Å². The van der Waals surface area contributed by atoms with Gasteiger partial charge in [-0.1, -0.05) is 19.4 Å². The standard InChI is InChI=1S/C15H24O/c1-10-11(2)13(14(4,5)12(10)3)15(6)8-7-9-16-15/h7-9H2,1-6H3. The predicted molar refractivity (Wildman–Crippen MR) is 68.4 cm³/mol. The Labute approximate surface area is 99.6 Å². The molecule has 0 aromatic heterocycles. The second-order valence-corrected chi connectivity index (χ2v) is 6.06. The molecule has 2 aliphatic rings. The molecular weight excluding hydrogens is 196 g/mol. The van der Waals surface area contributed by atoms with Crippen LogP contribution in [-0.2, 0) is 4.74 Å². The maximum Gasteiger partial charge on any atom is 0.0878 e. The minimum absolute atomic E-state index is 0.0212. The molecule has 1 unspecified atom stereocenters. The summed E-state index contributed by atoms with van der Waals surface area (Å²) < 4.78 is 6.04. The summed E-state index contributed by atoms with van der Waals surface area (Å²) >= 11 is 0. The third-order valence-corrected chi connectivity index (χ3v) is 4.81. The minimum atomic E-state index is -0.0212. The van der Waals surface area contributed by atoms with Crippen molar-refractivity contribution < 1.29 is 4.74 Å². The highest BCUT2D eigenvalue weighted by molar-refractivity contribution is 5.53. The maximum absolute atomic E-state index is 6.04. The molecule has 0 bridgehead atoms. The molecule has 0 N–H and O–H groups in total. The van der Waals surface area contributed by atoms with Gasteiger partial charge in [0.05, 0.1) is 5.60 Å². The summed E-state index contributed by atoms with van der Waals surface area (Å²) in [5.74, 6) is 0. The van der Waals surface area contributed by atoms with E-state index in [4.69, 9.17) is 4.74 Å². The van der Waals surface area contributed by atoms with Crippen molar-refractivity contribution in [2.75, 3.05) is 6.61 Å². The van der Waals surface area contributed by atoms with Gasteiger partial charge in [-0.2, -0.15) is 0 Å². The molecule has 1 nitrogen and oxygen atoms in total. The molecule has 0 aromatic carbocycles. The Morgan fingerprint density at radius 3 is 2.00 bits per heavy atom. The molecule has 0 spiro atoms. The number of hydrogen-bond acceptors (Lipinski definition) is 1. The summed E-state index contributed by atoms with van der Waals surface area (Å²) in [6.45, 7) is 14.6. The van der Waals surface area contributed by atoms with E-state index in [1.54, 1.807) is 0 Å². The monoisotopic (exact) mass is 220 g/mol. The van der Waals surface area contributed by atoms with E-state index in [1.807, 2.05) is 0 Å². The van der Waals surface area contributed by atoms with Gasteiger partial charge in [-0.15, -0.1) is 0 Å². The van der Waals surface area contributed by atoms with Crippen molar-refractivity contribution in [2.24, 2.45) is 5.41 Å². The van der Waals surface area contributed by atoms with Crippen LogP contribution in [0.15, 0.2) is 22.3 Å². The predicted octanol–water partition coefficient (Wildman–Crippen LogP) is 4.25. The van der Waals surface area contributed by atoms with E-state index in [0.717, 1.165) is 6.61 Å². The van der Waals surface area contributed by atoms with Crippen molar-refractivity contribution >= 4 is 0 Å². The van der Waals surface area contributed by atoms with Crippen LogP contribution >= 0.6 is 0 Å². The Bertz CT molecular complexity index is 376. The van der Waals surface area contributed by atoms with E-state index in [0.29, 0.717) is 0 Å². The van der Waals surface area contributed by atoms with E-state index in [-0.39, 0.29) is 11.0 Å². The molecule has 1 heteroatoms. The number of rotatable bonds is 1. The first kappa shape index (κ1) is 11.9. The zero-order valence-corrected chi connectivity index (χ0v) is 11.5. The lowest BCUT2D eigenvalue weighted by Crippen LogP contribution is -2.34. The van der Waals surface area contributed by atoms with Crippen molar-refractivity contribution in [1.29, 1.82) is 0 Å². The fourth-order valence-electron chi connectivity index (χ4n) is 3.63. The van der Waals surface area contributed by atoms with Crippen molar-refractivity contribution in [2.45, 2.75) is 60.0 Å². The highest BCUT2D eigenvalue weighted by atomic mass is 16.5. The first-order chi connectivity index (χ1) is 7.31. The quantitative estimate of drug-likeness (QED) is 0.642. The third-order valence-electron chi connectivity index (χ3n) is 4.81. The van der Waals surface area contributed by atoms with Gasteiger partial charge in [-0.05, 0) is 57.3 Å².